The molecule has 1 saturated heterocycles. The Morgan fingerprint density at radius 1 is 1.00 bits per heavy atom. The Morgan fingerprint density at radius 3 is 2.33 bits per heavy atom. The van der Waals surface area contributed by atoms with Crippen molar-refractivity contribution in [1.29, 1.82) is 0 Å². The van der Waals surface area contributed by atoms with Crippen molar-refractivity contribution in [2.45, 2.75) is 18.8 Å². The van der Waals surface area contributed by atoms with Gasteiger partial charge in [0.15, 0.2) is 0 Å². The van der Waals surface area contributed by atoms with E-state index in [4.69, 9.17) is 0 Å². The largest absolute Gasteiger partial charge is 0.346 e. The molecule has 0 amide bonds. The molecule has 0 radical (unpaired) electrons. The normalized spacial score (nSPS) is 19.3. The van der Waals surface area contributed by atoms with Gasteiger partial charge in [-0.25, -0.2) is 0 Å². The van der Waals surface area contributed by atoms with Crippen molar-refractivity contribution >= 4 is 0 Å². The van der Waals surface area contributed by atoms with Crippen LogP contribution in [0.3, 0.4) is 0 Å². The van der Waals surface area contributed by atoms with E-state index >= 15 is 0 Å². The van der Waals surface area contributed by atoms with Crippen LogP contribution in [-0.4, -0.2) is 13.1 Å². The molecule has 1 aromatic rings. The SMILES string of the molecule is c1ccc(C2CC[NH2+]CC2)cc1. The van der Waals surface area contributed by atoms with Crippen molar-refractivity contribution < 1.29 is 5.32 Å². The molecule has 0 atom stereocenters. The molecule has 0 aromatic heterocycles. The van der Waals surface area contributed by atoms with Gasteiger partial charge in [0.1, 0.15) is 0 Å². The van der Waals surface area contributed by atoms with Gasteiger partial charge in [0.2, 0.25) is 0 Å². The summed E-state index contributed by atoms with van der Waals surface area (Å²) in [6.45, 7) is 2.61. The molecule has 0 unspecified atom stereocenters. The Balaban J connectivity index is 2.08. The summed E-state index contributed by atoms with van der Waals surface area (Å²) in [4.78, 5) is 0. The van der Waals surface area contributed by atoms with Crippen LogP contribution in [0.25, 0.3) is 0 Å². The minimum Gasteiger partial charge on any atom is -0.346 e. The molecule has 1 aliphatic heterocycles. The molecule has 2 N–H and O–H groups in total. The first-order valence-electron chi connectivity index (χ1n) is 4.83. The Kier molecular flexibility index (Phi) is 2.42. The molecular weight excluding hydrogens is 146 g/mol. The molecule has 12 heavy (non-hydrogen) atoms. The monoisotopic (exact) mass is 162 g/mol. The van der Waals surface area contributed by atoms with Gasteiger partial charge in [-0.05, 0) is 11.5 Å². The molecule has 2 rings (SSSR count). The smallest absolute Gasteiger partial charge is 0.0761 e. The second-order valence-electron chi connectivity index (χ2n) is 3.55. The van der Waals surface area contributed by atoms with Gasteiger partial charge in [0.05, 0.1) is 13.1 Å². The lowest BCUT2D eigenvalue weighted by atomic mass is 9.90. The number of piperidine rings is 1. The molecule has 1 heteroatoms. The van der Waals surface area contributed by atoms with Crippen LogP contribution < -0.4 is 5.32 Å². The molecule has 1 aliphatic rings. The van der Waals surface area contributed by atoms with Crippen LogP contribution in [0.1, 0.15) is 24.3 Å². The minimum atomic E-state index is 0.830. The van der Waals surface area contributed by atoms with Crippen molar-refractivity contribution in [3.8, 4) is 0 Å². The third-order valence-corrected chi connectivity index (χ3v) is 2.71. The zero-order valence-electron chi connectivity index (χ0n) is 7.37. The summed E-state index contributed by atoms with van der Waals surface area (Å²) < 4.78 is 0. The Bertz CT molecular complexity index is 224. The van der Waals surface area contributed by atoms with E-state index in [1.807, 2.05) is 0 Å². The maximum atomic E-state index is 2.42. The summed E-state index contributed by atoms with van der Waals surface area (Å²) in [6, 6.07) is 10.9. The van der Waals surface area contributed by atoms with Crippen LogP contribution in [0.5, 0.6) is 0 Å². The molecule has 1 nitrogen and oxygen atoms in total. The predicted octanol–water partition coefficient (Wildman–Crippen LogP) is 1.13. The molecule has 0 saturated carbocycles. The number of hydrogen-bond donors (Lipinski definition) is 1. The van der Waals surface area contributed by atoms with E-state index in [0.717, 1.165) is 5.92 Å². The first-order valence-corrected chi connectivity index (χ1v) is 4.83. The fraction of sp³-hybridized carbons (Fsp3) is 0.455. The highest BCUT2D eigenvalue weighted by Crippen LogP contribution is 2.22. The van der Waals surface area contributed by atoms with Crippen molar-refractivity contribution in [2.75, 3.05) is 13.1 Å². The first-order chi connectivity index (χ1) is 5.97. The minimum absolute atomic E-state index is 0.830. The molecule has 1 fully saturated rings. The van der Waals surface area contributed by atoms with Crippen molar-refractivity contribution in [2.24, 2.45) is 0 Å². The Labute approximate surface area is 73.8 Å². The van der Waals surface area contributed by atoms with E-state index in [0.29, 0.717) is 0 Å². The Morgan fingerprint density at radius 2 is 1.67 bits per heavy atom. The van der Waals surface area contributed by atoms with Gasteiger partial charge in [-0.2, -0.15) is 0 Å². The lowest BCUT2D eigenvalue weighted by molar-refractivity contribution is -0.663. The summed E-state index contributed by atoms with van der Waals surface area (Å²) in [7, 11) is 0. The van der Waals surface area contributed by atoms with E-state index in [2.05, 4.69) is 35.6 Å². The van der Waals surface area contributed by atoms with Crippen LogP contribution in [0.2, 0.25) is 0 Å². The fourth-order valence-corrected chi connectivity index (χ4v) is 1.99. The van der Waals surface area contributed by atoms with E-state index in [1.54, 1.807) is 0 Å². The summed E-state index contributed by atoms with van der Waals surface area (Å²) in [6.07, 6.45) is 2.70. The lowest BCUT2D eigenvalue weighted by Crippen LogP contribution is -2.86. The van der Waals surface area contributed by atoms with Gasteiger partial charge < -0.3 is 5.32 Å². The average molecular weight is 162 g/mol. The predicted molar refractivity (Wildman–Crippen MR) is 50.1 cm³/mol. The molecule has 0 aliphatic carbocycles. The second-order valence-corrected chi connectivity index (χ2v) is 3.55. The number of hydrogen-bond acceptors (Lipinski definition) is 0. The number of benzene rings is 1. The highest BCUT2D eigenvalue weighted by atomic mass is 14.9. The van der Waals surface area contributed by atoms with E-state index < -0.39 is 0 Å². The molecule has 1 heterocycles. The summed E-state index contributed by atoms with van der Waals surface area (Å²) >= 11 is 0. The number of nitrogens with two attached hydrogens (primary N) is 1. The first kappa shape index (κ1) is 7.81. The maximum absolute atomic E-state index is 2.42. The number of rotatable bonds is 1. The summed E-state index contributed by atoms with van der Waals surface area (Å²) in [5.74, 6) is 0.830. The zero-order valence-corrected chi connectivity index (χ0v) is 7.37. The highest BCUT2D eigenvalue weighted by molar-refractivity contribution is 5.19. The Hall–Kier alpha value is -0.820. The number of quaternary nitrogens is 1. The van der Waals surface area contributed by atoms with Gasteiger partial charge in [0, 0.05) is 12.8 Å². The fourth-order valence-electron chi connectivity index (χ4n) is 1.99. The third-order valence-electron chi connectivity index (χ3n) is 2.71. The van der Waals surface area contributed by atoms with Crippen LogP contribution in [0.4, 0.5) is 0 Å². The van der Waals surface area contributed by atoms with E-state index in [9.17, 15) is 0 Å². The maximum Gasteiger partial charge on any atom is 0.0761 e. The van der Waals surface area contributed by atoms with Gasteiger partial charge in [-0.3, -0.25) is 0 Å². The van der Waals surface area contributed by atoms with Crippen molar-refractivity contribution in [3.63, 3.8) is 0 Å². The van der Waals surface area contributed by atoms with Crippen LogP contribution in [-0.2, 0) is 0 Å². The van der Waals surface area contributed by atoms with Crippen LogP contribution in [0, 0.1) is 0 Å². The van der Waals surface area contributed by atoms with E-state index in [1.165, 1.54) is 31.5 Å². The van der Waals surface area contributed by atoms with Gasteiger partial charge >= 0.3 is 0 Å². The van der Waals surface area contributed by atoms with E-state index in [-0.39, 0.29) is 0 Å². The third kappa shape index (κ3) is 1.67. The standard InChI is InChI=1S/C11H15N/c1-2-4-10(5-3-1)11-6-8-12-9-7-11/h1-5,11-12H,6-9H2/p+1. The quantitative estimate of drug-likeness (QED) is 0.637. The summed E-state index contributed by atoms with van der Waals surface area (Å²) in [5, 5.41) is 2.42. The lowest BCUT2D eigenvalue weighted by Gasteiger charge is -2.20. The molecule has 64 valence electrons. The highest BCUT2D eigenvalue weighted by Gasteiger charge is 2.16. The zero-order chi connectivity index (χ0) is 8.23. The van der Waals surface area contributed by atoms with Gasteiger partial charge in [0.25, 0.3) is 0 Å². The average Bonchev–Trinajstić information content (AvgIpc) is 2.21. The molecular formula is C11H16N+. The topological polar surface area (TPSA) is 16.6 Å². The molecule has 0 spiro atoms. The van der Waals surface area contributed by atoms with Crippen LogP contribution in [0.15, 0.2) is 30.3 Å². The van der Waals surface area contributed by atoms with Crippen LogP contribution >= 0.6 is 0 Å². The molecule has 0 bridgehead atoms. The second kappa shape index (κ2) is 3.72. The van der Waals surface area contributed by atoms with Gasteiger partial charge in [-0.15, -0.1) is 0 Å². The van der Waals surface area contributed by atoms with Crippen molar-refractivity contribution in [1.82, 2.24) is 0 Å². The van der Waals surface area contributed by atoms with Gasteiger partial charge in [-0.1, -0.05) is 30.3 Å². The summed E-state index contributed by atoms with van der Waals surface area (Å²) in [5.41, 5.74) is 1.53. The molecule has 1 aromatic carbocycles. The van der Waals surface area contributed by atoms with Crippen molar-refractivity contribution in [3.05, 3.63) is 35.9 Å².